The summed E-state index contributed by atoms with van der Waals surface area (Å²) in [6.07, 6.45) is -1.82. The minimum atomic E-state index is -5.57. The average Bonchev–Trinajstić information content (AvgIpc) is 3.18. The Hall–Kier alpha value is -0.950. The van der Waals surface area contributed by atoms with Gasteiger partial charge >= 0.3 is 0 Å². The van der Waals surface area contributed by atoms with Crippen LogP contribution >= 0.6 is 0 Å². The molecule has 0 spiro atoms. The molecule has 0 radical (unpaired) electrons. The smallest absolute Gasteiger partial charge is 0.218 e. The van der Waals surface area contributed by atoms with Gasteiger partial charge in [0.15, 0.2) is 0 Å². The first kappa shape index (κ1) is 39.8. The molecule has 0 aromatic heterocycles. The van der Waals surface area contributed by atoms with E-state index in [0.717, 1.165) is 36.8 Å². The van der Waals surface area contributed by atoms with Gasteiger partial charge in [-0.15, -0.1) is 0 Å². The molecule has 3 fully saturated rings. The van der Waals surface area contributed by atoms with Crippen LogP contribution in [0.25, 0.3) is 0 Å². The van der Waals surface area contributed by atoms with Crippen molar-refractivity contribution in [1.29, 1.82) is 0 Å². The maximum atomic E-state index is 12.1. The van der Waals surface area contributed by atoms with E-state index in [4.69, 9.17) is 4.18 Å². The molecule has 12 atom stereocenters. The van der Waals surface area contributed by atoms with Crippen LogP contribution in [0.2, 0.25) is 0 Å². The Morgan fingerprint density at radius 3 is 2.02 bits per heavy atom. The van der Waals surface area contributed by atoms with Crippen molar-refractivity contribution < 1.29 is 56.6 Å². The summed E-state index contributed by atoms with van der Waals surface area (Å²) in [5, 5.41) is 11.5. The molecular formula is C32H51O13S3-3. The number of allylic oxidation sites excluding steroid dienone is 3. The summed E-state index contributed by atoms with van der Waals surface area (Å²) < 4.78 is 121. The van der Waals surface area contributed by atoms with Crippen LogP contribution in [0.5, 0.6) is 0 Å². The predicted molar refractivity (Wildman–Crippen MR) is 172 cm³/mol. The normalized spacial score (nSPS) is 40.2. The number of hydrogen-bond acceptors (Lipinski definition) is 13. The summed E-state index contributed by atoms with van der Waals surface area (Å²) >= 11 is 0. The summed E-state index contributed by atoms with van der Waals surface area (Å²) in [4.78, 5) is 0. The fraction of sp³-hybridized carbons (Fsp3) is 0.875. The second kappa shape index (κ2) is 12.9. The molecule has 16 heteroatoms. The molecule has 0 aliphatic heterocycles. The van der Waals surface area contributed by atoms with E-state index < -0.39 is 78.8 Å². The standard InChI is InChI=1S/C32H54O13S3/c1-18(2)29(5,6)20(4)11-10-19(3)21-12-14-32(9)23-16-24(43-46(34,35)36)26-27(33)28(45-48(40,41)42)25(44-47(37,38)39)17-30(26,7)22(23)13-15-31(21,32)8/h13,19-21,23-28,33H,1,10-12,14-17H2,2-9H3,(H,34,35,36)(H,37,38,39)(H,40,41,42)/p-3/t19-,20?,21-,23-,24+,25+,26+,27-,28-,30-,31-,32+/m1/s1. The van der Waals surface area contributed by atoms with E-state index >= 15 is 0 Å². The Labute approximate surface area is 286 Å². The lowest BCUT2D eigenvalue weighted by molar-refractivity contribution is -0.179. The number of rotatable bonds is 12. The molecule has 4 aliphatic rings. The van der Waals surface area contributed by atoms with Crippen LogP contribution in [0, 0.1) is 51.2 Å². The molecule has 4 rings (SSSR count). The van der Waals surface area contributed by atoms with E-state index in [1.807, 2.05) is 6.08 Å². The highest BCUT2D eigenvalue weighted by Crippen LogP contribution is 2.72. The Bertz CT molecular complexity index is 1620. The second-order valence-corrected chi connectivity index (χ2v) is 19.3. The molecule has 0 heterocycles. The molecule has 0 saturated heterocycles. The van der Waals surface area contributed by atoms with E-state index in [1.165, 1.54) is 0 Å². The second-order valence-electron chi connectivity index (χ2n) is 16.3. The lowest BCUT2D eigenvalue weighted by atomic mass is 9.43. The molecule has 0 amide bonds. The summed E-state index contributed by atoms with van der Waals surface area (Å²) in [5.74, 6) is -0.674. The highest BCUT2D eigenvalue weighted by atomic mass is 32.3. The summed E-state index contributed by atoms with van der Waals surface area (Å²) in [6, 6.07) is 0. The van der Waals surface area contributed by atoms with Gasteiger partial charge in [-0.2, -0.15) is 0 Å². The maximum Gasteiger partial charge on any atom is 0.218 e. The molecule has 48 heavy (non-hydrogen) atoms. The van der Waals surface area contributed by atoms with Gasteiger partial charge in [0.1, 0.15) is 12.2 Å². The van der Waals surface area contributed by atoms with Crippen molar-refractivity contribution in [2.75, 3.05) is 0 Å². The Kier molecular flexibility index (Phi) is 10.7. The third-order valence-corrected chi connectivity index (χ3v) is 15.2. The predicted octanol–water partition coefficient (Wildman–Crippen LogP) is 4.34. The first-order chi connectivity index (χ1) is 21.6. The monoisotopic (exact) mass is 739 g/mol. The van der Waals surface area contributed by atoms with Crippen molar-refractivity contribution in [3.8, 4) is 0 Å². The zero-order valence-electron chi connectivity index (χ0n) is 29.0. The van der Waals surface area contributed by atoms with Crippen LogP contribution in [0.3, 0.4) is 0 Å². The highest BCUT2D eigenvalue weighted by Gasteiger charge is 2.68. The van der Waals surface area contributed by atoms with Gasteiger partial charge in [0.05, 0.1) is 12.2 Å². The zero-order valence-corrected chi connectivity index (χ0v) is 31.5. The molecule has 1 N–H and O–H groups in total. The van der Waals surface area contributed by atoms with Crippen molar-refractivity contribution in [2.24, 2.45) is 51.2 Å². The van der Waals surface area contributed by atoms with Gasteiger partial charge in [-0.05, 0) is 90.8 Å². The first-order valence-electron chi connectivity index (χ1n) is 16.5. The SMILES string of the molecule is C=C(C)C(C)(C)C(C)CC[C@@H](C)[C@H]1CC[C@@]2(C)[C@@H]3C[C@H](OS(=O)(=O)[O-])[C@H]4[C@@H](O)[C@H](OS(=O)(=O)[O-])[C@@H](OS(=O)(=O)[O-])C[C@]4(C)C3=CC[C@]12C. The number of hydrogen-bond donors (Lipinski definition) is 1. The van der Waals surface area contributed by atoms with Crippen molar-refractivity contribution >= 4 is 31.2 Å². The molecule has 0 aromatic rings. The molecule has 3 saturated carbocycles. The minimum Gasteiger partial charge on any atom is -0.726 e. The molecule has 0 bridgehead atoms. The van der Waals surface area contributed by atoms with E-state index in [0.29, 0.717) is 24.2 Å². The molecular weight excluding hydrogens is 689 g/mol. The van der Waals surface area contributed by atoms with Crippen LogP contribution in [-0.4, -0.2) is 68.4 Å². The molecule has 1 unspecified atom stereocenters. The fourth-order valence-electron chi connectivity index (χ4n) is 10.2. The van der Waals surface area contributed by atoms with Crippen molar-refractivity contribution in [2.45, 2.75) is 125 Å². The first-order valence-corrected chi connectivity index (χ1v) is 20.5. The fourth-order valence-corrected chi connectivity index (χ4v) is 11.7. The van der Waals surface area contributed by atoms with E-state index in [1.54, 1.807) is 6.92 Å². The molecule has 13 nitrogen and oxygen atoms in total. The Balaban J connectivity index is 1.76. The highest BCUT2D eigenvalue weighted by molar-refractivity contribution is 7.81. The quantitative estimate of drug-likeness (QED) is 0.167. The Morgan fingerprint density at radius 1 is 0.958 bits per heavy atom. The van der Waals surface area contributed by atoms with Crippen molar-refractivity contribution in [3.05, 3.63) is 23.8 Å². The van der Waals surface area contributed by atoms with Gasteiger partial charge in [0, 0.05) is 5.92 Å². The van der Waals surface area contributed by atoms with Crippen LogP contribution in [0.4, 0.5) is 0 Å². The molecule has 4 aliphatic carbocycles. The molecule has 278 valence electrons. The Morgan fingerprint density at radius 2 is 1.50 bits per heavy atom. The maximum absolute atomic E-state index is 12.1. The largest absolute Gasteiger partial charge is 0.726 e. The third kappa shape index (κ3) is 7.35. The lowest BCUT2D eigenvalue weighted by Crippen LogP contribution is -2.65. The van der Waals surface area contributed by atoms with Gasteiger partial charge < -0.3 is 18.8 Å². The van der Waals surface area contributed by atoms with Crippen LogP contribution in [0.1, 0.15) is 100 Å². The number of aliphatic hydroxyl groups is 1. The molecule has 0 aromatic carbocycles. The number of aliphatic hydroxyl groups excluding tert-OH is 1. The summed E-state index contributed by atoms with van der Waals surface area (Å²) in [5.41, 5.74) is -0.187. The van der Waals surface area contributed by atoms with Crippen LogP contribution < -0.4 is 0 Å². The van der Waals surface area contributed by atoms with Gasteiger partial charge in [0.25, 0.3) is 0 Å². The van der Waals surface area contributed by atoms with E-state index in [9.17, 15) is 44.0 Å². The van der Waals surface area contributed by atoms with E-state index in [2.05, 4.69) is 63.4 Å². The van der Waals surface area contributed by atoms with Gasteiger partial charge in [-0.1, -0.05) is 78.7 Å². The zero-order chi connectivity index (χ0) is 36.6. The average molecular weight is 740 g/mol. The lowest BCUT2D eigenvalue weighted by Gasteiger charge is -2.64. The van der Waals surface area contributed by atoms with Gasteiger partial charge in [-0.25, -0.2) is 25.3 Å². The van der Waals surface area contributed by atoms with Crippen LogP contribution in [-0.2, 0) is 43.7 Å². The number of fused-ring (bicyclic) bond motifs is 5. The third-order valence-electron chi connectivity index (χ3n) is 13.7. The van der Waals surface area contributed by atoms with E-state index in [-0.39, 0.29) is 23.2 Å². The van der Waals surface area contributed by atoms with Crippen molar-refractivity contribution in [3.63, 3.8) is 0 Å². The summed E-state index contributed by atoms with van der Waals surface area (Å²) in [6.45, 7) is 21.2. The van der Waals surface area contributed by atoms with Gasteiger partial charge in [0.2, 0.25) is 31.2 Å². The summed E-state index contributed by atoms with van der Waals surface area (Å²) in [7, 11) is -16.4. The topological polar surface area (TPSA) is 220 Å². The van der Waals surface area contributed by atoms with Crippen molar-refractivity contribution in [1.82, 2.24) is 0 Å². The van der Waals surface area contributed by atoms with Gasteiger partial charge in [-0.3, -0.25) is 12.5 Å². The van der Waals surface area contributed by atoms with Crippen LogP contribution in [0.15, 0.2) is 23.8 Å². The minimum absolute atomic E-state index is 0.0131.